The molecule has 0 fully saturated rings. The maximum Gasteiger partial charge on any atom is 0.288 e. The quantitative estimate of drug-likeness (QED) is 0.567. The van der Waals surface area contributed by atoms with Crippen LogP contribution < -0.4 is 11.0 Å². The van der Waals surface area contributed by atoms with E-state index in [-0.39, 0.29) is 11.3 Å². The molecule has 1 aromatic carbocycles. The molecule has 0 unspecified atom stereocenters. The Labute approximate surface area is 169 Å². The topological polar surface area (TPSA) is 101 Å². The van der Waals surface area contributed by atoms with Crippen LogP contribution in [0, 0.1) is 25.2 Å². The van der Waals surface area contributed by atoms with Crippen LogP contribution in [0.5, 0.6) is 0 Å². The molecule has 0 saturated heterocycles. The van der Waals surface area contributed by atoms with Crippen LogP contribution in [-0.2, 0) is 0 Å². The zero-order chi connectivity index (χ0) is 20.5. The average molecular weight is 401 g/mol. The predicted octanol–water partition coefficient (Wildman–Crippen LogP) is 3.39. The van der Waals surface area contributed by atoms with Crippen molar-refractivity contribution >= 4 is 27.5 Å². The number of hydrogen-bond donors (Lipinski definition) is 1. The number of pyridine rings is 1. The van der Waals surface area contributed by atoms with Crippen LogP contribution in [0.25, 0.3) is 21.3 Å². The second kappa shape index (κ2) is 7.30. The number of rotatable bonds is 3. The molecule has 7 nitrogen and oxygen atoms in total. The van der Waals surface area contributed by atoms with Crippen molar-refractivity contribution in [3.63, 3.8) is 0 Å². The summed E-state index contributed by atoms with van der Waals surface area (Å²) in [6.07, 6.45) is 1.30. The van der Waals surface area contributed by atoms with Gasteiger partial charge in [0.2, 0.25) is 0 Å². The van der Waals surface area contributed by atoms with Gasteiger partial charge in [0.15, 0.2) is 0 Å². The Balaban J connectivity index is 1.77. The number of amides is 1. The number of nitrogens with one attached hydrogen (secondary N) is 1. The monoisotopic (exact) mass is 401 g/mol. The molecule has 0 atom stereocenters. The van der Waals surface area contributed by atoms with Gasteiger partial charge in [0.1, 0.15) is 22.9 Å². The molecule has 3 heterocycles. The Morgan fingerprint density at radius 2 is 1.93 bits per heavy atom. The van der Waals surface area contributed by atoms with Gasteiger partial charge >= 0.3 is 0 Å². The summed E-state index contributed by atoms with van der Waals surface area (Å²) in [5, 5.41) is 9.46. The number of fused-ring (bicyclic) bond motifs is 1. The van der Waals surface area contributed by atoms with Crippen LogP contribution in [-0.4, -0.2) is 20.6 Å². The Morgan fingerprint density at radius 1 is 1.17 bits per heavy atom. The van der Waals surface area contributed by atoms with Gasteiger partial charge in [-0.25, -0.2) is 14.6 Å². The molecule has 8 heteroatoms. The fourth-order valence-corrected chi connectivity index (χ4v) is 4.11. The van der Waals surface area contributed by atoms with Crippen LogP contribution in [0.4, 0.5) is 0 Å². The molecule has 0 radical (unpaired) electrons. The van der Waals surface area contributed by atoms with Crippen molar-refractivity contribution in [2.45, 2.75) is 13.8 Å². The van der Waals surface area contributed by atoms with E-state index in [1.165, 1.54) is 29.8 Å². The third kappa shape index (κ3) is 3.28. The van der Waals surface area contributed by atoms with Crippen molar-refractivity contribution in [2.75, 3.05) is 5.43 Å². The minimum absolute atomic E-state index is 0.110. The number of carbonyl (C=O) groups excluding carboxylic acids is 1. The van der Waals surface area contributed by atoms with E-state index in [1.807, 2.05) is 43.3 Å². The molecular weight excluding hydrogens is 386 g/mol. The Hall–Kier alpha value is -3.83. The molecule has 0 aliphatic rings. The molecule has 0 spiro atoms. The highest BCUT2D eigenvalue weighted by Crippen LogP contribution is 2.35. The third-order valence-corrected chi connectivity index (χ3v) is 5.53. The summed E-state index contributed by atoms with van der Waals surface area (Å²) in [6, 6.07) is 14.6. The lowest BCUT2D eigenvalue weighted by molar-refractivity contribution is 0.100. The van der Waals surface area contributed by atoms with Crippen LogP contribution in [0.3, 0.4) is 0 Å². The first kappa shape index (κ1) is 18.5. The van der Waals surface area contributed by atoms with E-state index >= 15 is 0 Å². The smallest absolute Gasteiger partial charge is 0.267 e. The highest BCUT2D eigenvalue weighted by molar-refractivity contribution is 7.19. The van der Waals surface area contributed by atoms with Crippen molar-refractivity contribution in [1.29, 1.82) is 5.26 Å². The summed E-state index contributed by atoms with van der Waals surface area (Å²) in [5.41, 5.74) is 4.85. The summed E-state index contributed by atoms with van der Waals surface area (Å²) < 4.78 is 1.07. The number of nitrogens with zero attached hydrogens (tertiary/aromatic N) is 4. The number of aryl methyl sites for hydroxylation is 2. The number of nitriles is 1. The molecule has 1 N–H and O–H groups in total. The van der Waals surface area contributed by atoms with Gasteiger partial charge in [-0.2, -0.15) is 5.26 Å². The first-order valence-electron chi connectivity index (χ1n) is 8.75. The van der Waals surface area contributed by atoms with E-state index in [4.69, 9.17) is 5.26 Å². The Bertz CT molecular complexity index is 1350. The fourth-order valence-electron chi connectivity index (χ4n) is 3.11. The van der Waals surface area contributed by atoms with Crippen LogP contribution in [0.15, 0.2) is 53.6 Å². The van der Waals surface area contributed by atoms with Crippen molar-refractivity contribution in [1.82, 2.24) is 14.6 Å². The lowest BCUT2D eigenvalue weighted by Crippen LogP contribution is -2.33. The van der Waals surface area contributed by atoms with Crippen molar-refractivity contribution in [2.24, 2.45) is 0 Å². The summed E-state index contributed by atoms with van der Waals surface area (Å²) in [5.74, 6) is -0.561. The average Bonchev–Trinajstić information content (AvgIpc) is 3.07. The molecule has 4 aromatic rings. The summed E-state index contributed by atoms with van der Waals surface area (Å²) in [4.78, 5) is 35.8. The highest BCUT2D eigenvalue weighted by Gasteiger charge is 2.18. The maximum atomic E-state index is 13.1. The molecule has 4 rings (SSSR count). The number of benzene rings is 1. The molecule has 0 aliphatic heterocycles. The predicted molar refractivity (Wildman–Crippen MR) is 111 cm³/mol. The van der Waals surface area contributed by atoms with Gasteiger partial charge in [-0.1, -0.05) is 30.3 Å². The van der Waals surface area contributed by atoms with Gasteiger partial charge in [-0.05, 0) is 31.5 Å². The van der Waals surface area contributed by atoms with E-state index in [0.29, 0.717) is 21.5 Å². The summed E-state index contributed by atoms with van der Waals surface area (Å²) in [7, 11) is 0. The number of aromatic nitrogens is 3. The van der Waals surface area contributed by atoms with Crippen molar-refractivity contribution < 1.29 is 4.79 Å². The lowest BCUT2D eigenvalue weighted by atomic mass is 10.0. The van der Waals surface area contributed by atoms with Gasteiger partial charge in [-0.15, -0.1) is 11.3 Å². The van der Waals surface area contributed by atoms with Gasteiger partial charge in [0, 0.05) is 10.4 Å². The van der Waals surface area contributed by atoms with Gasteiger partial charge in [-0.3, -0.25) is 15.0 Å². The molecule has 3 aromatic heterocycles. The maximum absolute atomic E-state index is 13.1. The van der Waals surface area contributed by atoms with E-state index < -0.39 is 5.91 Å². The molecular formula is C21H15N5O2S. The number of thiophene rings is 1. The lowest BCUT2D eigenvalue weighted by Gasteiger charge is -2.09. The van der Waals surface area contributed by atoms with Crippen LogP contribution >= 0.6 is 11.3 Å². The van der Waals surface area contributed by atoms with Crippen molar-refractivity contribution in [3.05, 3.63) is 81.0 Å². The first-order valence-corrected chi connectivity index (χ1v) is 9.56. The Kier molecular flexibility index (Phi) is 4.66. The standard InChI is InChI=1S/C21H15N5O2S/c1-12-15(10-22)8-9-16(24-12)19(27)25-26-11-23-20-18(21(26)28)17(13(2)29-20)14-6-4-3-5-7-14/h3-9,11H,1-2H3,(H,25,27). The molecule has 0 saturated carbocycles. The normalized spacial score (nSPS) is 10.7. The Morgan fingerprint density at radius 3 is 2.62 bits per heavy atom. The van der Waals surface area contributed by atoms with E-state index in [0.717, 1.165) is 20.7 Å². The largest absolute Gasteiger partial charge is 0.288 e. The molecule has 142 valence electrons. The fraction of sp³-hybridized carbons (Fsp3) is 0.0952. The van der Waals surface area contributed by atoms with Gasteiger partial charge < -0.3 is 0 Å². The molecule has 0 bridgehead atoms. The SMILES string of the molecule is Cc1nc(C(=O)Nn2cnc3sc(C)c(-c4ccccc4)c3c2=O)ccc1C#N. The minimum atomic E-state index is -0.561. The summed E-state index contributed by atoms with van der Waals surface area (Å²) >= 11 is 1.44. The second-order valence-corrected chi connectivity index (χ2v) is 7.58. The zero-order valence-electron chi connectivity index (χ0n) is 15.6. The third-order valence-electron chi connectivity index (χ3n) is 4.51. The molecule has 0 aliphatic carbocycles. The van der Waals surface area contributed by atoms with Crippen molar-refractivity contribution in [3.8, 4) is 17.2 Å². The summed E-state index contributed by atoms with van der Waals surface area (Å²) in [6.45, 7) is 3.59. The second-order valence-electron chi connectivity index (χ2n) is 6.38. The molecule has 1 amide bonds. The number of hydrogen-bond acceptors (Lipinski definition) is 6. The van der Waals surface area contributed by atoms with Crippen LogP contribution in [0.2, 0.25) is 0 Å². The van der Waals surface area contributed by atoms with E-state index in [1.54, 1.807) is 6.92 Å². The molecule has 29 heavy (non-hydrogen) atoms. The van der Waals surface area contributed by atoms with Gasteiger partial charge in [0.25, 0.3) is 11.5 Å². The first-order chi connectivity index (χ1) is 14.0. The van der Waals surface area contributed by atoms with Gasteiger partial charge in [0.05, 0.1) is 16.6 Å². The van der Waals surface area contributed by atoms with E-state index in [2.05, 4.69) is 15.4 Å². The minimum Gasteiger partial charge on any atom is -0.267 e. The van der Waals surface area contributed by atoms with E-state index in [9.17, 15) is 9.59 Å². The number of carbonyl (C=O) groups is 1. The van der Waals surface area contributed by atoms with Crippen LogP contribution in [0.1, 0.15) is 26.6 Å². The highest BCUT2D eigenvalue weighted by atomic mass is 32.1. The zero-order valence-corrected chi connectivity index (χ0v) is 16.4.